The maximum atomic E-state index is 9.87. The Labute approximate surface area is 120 Å². The normalized spacial score (nSPS) is 13.8. The Bertz CT molecular complexity index is 411. The molecule has 3 N–H and O–H groups in total. The van der Waals surface area contributed by atoms with E-state index in [1.807, 2.05) is 0 Å². The van der Waals surface area contributed by atoms with Crippen molar-refractivity contribution < 1.29 is 19.7 Å². The van der Waals surface area contributed by atoms with E-state index in [1.165, 1.54) is 14.2 Å². The predicted molar refractivity (Wildman–Crippen MR) is 78.4 cm³/mol. The summed E-state index contributed by atoms with van der Waals surface area (Å²) >= 11 is 0. The van der Waals surface area contributed by atoms with Crippen LogP contribution in [0.4, 0.5) is 0 Å². The Morgan fingerprint density at radius 3 is 2.15 bits per heavy atom. The summed E-state index contributed by atoms with van der Waals surface area (Å²) in [5.41, 5.74) is 0.835. The number of methoxy groups -OCH3 is 2. The number of hydrogen-bond acceptors (Lipinski definition) is 5. The van der Waals surface area contributed by atoms with Crippen LogP contribution < -0.4 is 14.8 Å². The molecule has 0 spiro atoms. The highest BCUT2D eigenvalue weighted by Gasteiger charge is 2.21. The number of phenols is 1. The minimum atomic E-state index is -0.118. The molecule has 0 fully saturated rings. The molecule has 20 heavy (non-hydrogen) atoms. The summed E-state index contributed by atoms with van der Waals surface area (Å²) in [6.07, 6.45) is 1.61. The summed E-state index contributed by atoms with van der Waals surface area (Å²) < 4.78 is 10.3. The fourth-order valence-electron chi connectivity index (χ4n) is 2.00. The zero-order valence-electron chi connectivity index (χ0n) is 12.7. The molecule has 1 atom stereocenters. The standard InChI is InChI=1S/C15H25NO4/c1-5-15(2,6-7-17)16-10-11-8-12(19-3)14(18)13(9-11)20-4/h8-9,16-18H,5-7,10H2,1-4H3. The minimum Gasteiger partial charge on any atom is -0.502 e. The Morgan fingerprint density at radius 2 is 1.75 bits per heavy atom. The van der Waals surface area contributed by atoms with E-state index in [4.69, 9.17) is 14.6 Å². The van der Waals surface area contributed by atoms with E-state index in [0.717, 1.165) is 12.0 Å². The van der Waals surface area contributed by atoms with Crippen molar-refractivity contribution in [3.05, 3.63) is 17.7 Å². The first-order chi connectivity index (χ1) is 9.49. The van der Waals surface area contributed by atoms with Crippen LogP contribution in [-0.2, 0) is 6.54 Å². The predicted octanol–water partition coefficient (Wildman–Crippen LogP) is 2.05. The molecule has 5 nitrogen and oxygen atoms in total. The third kappa shape index (κ3) is 4.02. The first-order valence-corrected chi connectivity index (χ1v) is 6.79. The lowest BCUT2D eigenvalue weighted by molar-refractivity contribution is 0.214. The number of aliphatic hydroxyl groups excluding tert-OH is 1. The molecule has 1 aromatic rings. The molecule has 1 rings (SSSR count). The maximum Gasteiger partial charge on any atom is 0.200 e. The van der Waals surface area contributed by atoms with Gasteiger partial charge in [-0.2, -0.15) is 0 Å². The van der Waals surface area contributed by atoms with Gasteiger partial charge in [0.25, 0.3) is 0 Å². The summed E-state index contributed by atoms with van der Waals surface area (Å²) in [5, 5.41) is 22.4. The third-order valence-electron chi connectivity index (χ3n) is 3.70. The number of aromatic hydroxyl groups is 1. The summed E-state index contributed by atoms with van der Waals surface area (Å²) in [5.74, 6) is 0.787. The molecule has 0 radical (unpaired) electrons. The smallest absolute Gasteiger partial charge is 0.200 e. The molecule has 114 valence electrons. The van der Waals surface area contributed by atoms with Crippen LogP contribution in [0.15, 0.2) is 12.1 Å². The fourth-order valence-corrected chi connectivity index (χ4v) is 2.00. The molecule has 0 amide bonds. The van der Waals surface area contributed by atoms with E-state index >= 15 is 0 Å². The maximum absolute atomic E-state index is 9.87. The van der Waals surface area contributed by atoms with Crippen LogP contribution in [-0.4, -0.2) is 36.6 Å². The van der Waals surface area contributed by atoms with Crippen LogP contribution in [0.3, 0.4) is 0 Å². The number of phenolic OH excluding ortho intramolecular Hbond substituents is 1. The highest BCUT2D eigenvalue weighted by Crippen LogP contribution is 2.37. The first-order valence-electron chi connectivity index (χ1n) is 6.79. The average Bonchev–Trinajstić information content (AvgIpc) is 2.46. The van der Waals surface area contributed by atoms with Crippen molar-refractivity contribution in [3.8, 4) is 17.2 Å². The molecule has 0 aliphatic rings. The Morgan fingerprint density at radius 1 is 1.20 bits per heavy atom. The first kappa shape index (κ1) is 16.6. The molecule has 1 aromatic carbocycles. The van der Waals surface area contributed by atoms with Crippen molar-refractivity contribution in [3.63, 3.8) is 0 Å². The second-order valence-electron chi connectivity index (χ2n) is 5.09. The average molecular weight is 283 g/mol. The van der Waals surface area contributed by atoms with Crippen molar-refractivity contribution in [2.75, 3.05) is 20.8 Å². The summed E-state index contributed by atoms with van der Waals surface area (Å²) in [7, 11) is 3.02. The Kier molecular flexibility index (Phi) is 6.10. The van der Waals surface area contributed by atoms with Gasteiger partial charge >= 0.3 is 0 Å². The van der Waals surface area contributed by atoms with Gasteiger partial charge in [-0.1, -0.05) is 6.92 Å². The highest BCUT2D eigenvalue weighted by molar-refractivity contribution is 5.52. The molecule has 5 heteroatoms. The van der Waals surface area contributed by atoms with Crippen molar-refractivity contribution >= 4 is 0 Å². The van der Waals surface area contributed by atoms with Crippen molar-refractivity contribution in [1.82, 2.24) is 5.32 Å². The van der Waals surface area contributed by atoms with Gasteiger partial charge in [0.2, 0.25) is 5.75 Å². The topological polar surface area (TPSA) is 71.0 Å². The summed E-state index contributed by atoms with van der Waals surface area (Å²) in [4.78, 5) is 0. The number of rotatable bonds is 8. The number of aliphatic hydroxyl groups is 1. The molecule has 0 bridgehead atoms. The molecular weight excluding hydrogens is 258 g/mol. The molecule has 0 saturated heterocycles. The van der Waals surface area contributed by atoms with Gasteiger partial charge in [-0.3, -0.25) is 0 Å². The third-order valence-corrected chi connectivity index (χ3v) is 3.70. The van der Waals surface area contributed by atoms with E-state index in [-0.39, 0.29) is 17.9 Å². The zero-order valence-corrected chi connectivity index (χ0v) is 12.7. The number of benzene rings is 1. The molecule has 0 aliphatic carbocycles. The minimum absolute atomic E-state index is 0.00682. The van der Waals surface area contributed by atoms with Gasteiger partial charge < -0.3 is 25.0 Å². The van der Waals surface area contributed by atoms with Gasteiger partial charge in [0.05, 0.1) is 14.2 Å². The lowest BCUT2D eigenvalue weighted by Gasteiger charge is -2.29. The Hall–Kier alpha value is -1.46. The second-order valence-corrected chi connectivity index (χ2v) is 5.09. The van der Waals surface area contributed by atoms with Crippen molar-refractivity contribution in [2.45, 2.75) is 38.8 Å². The van der Waals surface area contributed by atoms with Crippen molar-refractivity contribution in [1.29, 1.82) is 0 Å². The monoisotopic (exact) mass is 283 g/mol. The number of nitrogens with one attached hydrogen (secondary N) is 1. The number of hydrogen-bond donors (Lipinski definition) is 3. The van der Waals surface area contributed by atoms with Crippen molar-refractivity contribution in [2.24, 2.45) is 0 Å². The van der Waals surface area contributed by atoms with E-state index in [9.17, 15) is 5.11 Å². The largest absolute Gasteiger partial charge is 0.502 e. The van der Waals surface area contributed by atoms with Gasteiger partial charge in [0.1, 0.15) is 0 Å². The van der Waals surface area contributed by atoms with E-state index in [2.05, 4.69) is 19.2 Å². The number of ether oxygens (including phenoxy) is 2. The van der Waals surface area contributed by atoms with Crippen LogP contribution in [0.1, 0.15) is 32.3 Å². The van der Waals surface area contributed by atoms with Gasteiger partial charge in [-0.25, -0.2) is 0 Å². The zero-order chi connectivity index (χ0) is 15.2. The molecule has 0 saturated carbocycles. The van der Waals surface area contributed by atoms with Crippen LogP contribution in [0.25, 0.3) is 0 Å². The summed E-state index contributed by atoms with van der Waals surface area (Å²) in [6, 6.07) is 3.56. The Balaban J connectivity index is 2.87. The van der Waals surface area contributed by atoms with Crippen LogP contribution in [0, 0.1) is 0 Å². The highest BCUT2D eigenvalue weighted by atomic mass is 16.5. The second kappa shape index (κ2) is 7.36. The van der Waals surface area contributed by atoms with Crippen LogP contribution in [0.2, 0.25) is 0 Å². The van der Waals surface area contributed by atoms with Crippen LogP contribution >= 0.6 is 0 Å². The molecule has 0 aromatic heterocycles. The van der Waals surface area contributed by atoms with E-state index in [1.54, 1.807) is 12.1 Å². The SMILES string of the molecule is CCC(C)(CCO)NCc1cc(OC)c(O)c(OC)c1. The lowest BCUT2D eigenvalue weighted by Crippen LogP contribution is -2.42. The molecule has 1 unspecified atom stereocenters. The van der Waals surface area contributed by atoms with Gasteiger partial charge in [-0.15, -0.1) is 0 Å². The lowest BCUT2D eigenvalue weighted by atomic mass is 9.94. The molecular formula is C15H25NO4. The van der Waals surface area contributed by atoms with Gasteiger partial charge in [0, 0.05) is 18.7 Å². The van der Waals surface area contributed by atoms with E-state index in [0.29, 0.717) is 24.5 Å². The van der Waals surface area contributed by atoms with Crippen LogP contribution in [0.5, 0.6) is 17.2 Å². The summed E-state index contributed by atoms with van der Waals surface area (Å²) in [6.45, 7) is 4.93. The van der Waals surface area contributed by atoms with Gasteiger partial charge in [-0.05, 0) is 37.5 Å². The van der Waals surface area contributed by atoms with E-state index < -0.39 is 0 Å². The van der Waals surface area contributed by atoms with Gasteiger partial charge in [0.15, 0.2) is 11.5 Å². The molecule has 0 heterocycles. The quantitative estimate of drug-likeness (QED) is 0.681. The fraction of sp³-hybridized carbons (Fsp3) is 0.600. The molecule has 0 aliphatic heterocycles.